The number of carbonyl (C=O) groups is 1. The zero-order valence-corrected chi connectivity index (χ0v) is 8.32. The van der Waals surface area contributed by atoms with E-state index in [2.05, 4.69) is 4.98 Å². The van der Waals surface area contributed by atoms with E-state index in [0.29, 0.717) is 16.0 Å². The average Bonchev–Trinajstić information content (AvgIpc) is 2.59. The number of aromatic nitrogens is 1. The largest absolute Gasteiger partial charge is 0.479 e. The second-order valence-corrected chi connectivity index (χ2v) is 3.59. The monoisotopic (exact) mass is 225 g/mol. The molecule has 0 aliphatic heterocycles. The fraction of sp³-hybridized carbons (Fsp3) is 0.100. The molecule has 0 amide bonds. The van der Waals surface area contributed by atoms with Crippen molar-refractivity contribution in [2.45, 2.75) is 6.10 Å². The molecule has 15 heavy (non-hydrogen) atoms. The topological polar surface area (TPSA) is 73.3 Å². The van der Waals surface area contributed by atoms with Crippen LogP contribution in [0.5, 0.6) is 0 Å². The second kappa shape index (κ2) is 3.56. The summed E-state index contributed by atoms with van der Waals surface area (Å²) < 4.78 is 0. The molecule has 1 aromatic carbocycles. The zero-order valence-electron chi connectivity index (χ0n) is 7.57. The maximum atomic E-state index is 10.6. The number of halogens is 1. The molecular formula is C10H8ClNO3. The Morgan fingerprint density at radius 3 is 2.87 bits per heavy atom. The maximum Gasteiger partial charge on any atom is 0.337 e. The molecule has 1 atom stereocenters. The van der Waals surface area contributed by atoms with E-state index < -0.39 is 12.1 Å². The van der Waals surface area contributed by atoms with Crippen molar-refractivity contribution in [1.29, 1.82) is 0 Å². The van der Waals surface area contributed by atoms with E-state index in [1.807, 2.05) is 0 Å². The highest BCUT2D eigenvalue weighted by Gasteiger charge is 2.16. The molecule has 1 aromatic heterocycles. The van der Waals surface area contributed by atoms with Gasteiger partial charge in [-0.1, -0.05) is 17.7 Å². The van der Waals surface area contributed by atoms with Gasteiger partial charge in [-0.15, -0.1) is 0 Å². The molecule has 0 aliphatic rings. The molecule has 1 heterocycles. The molecule has 0 saturated heterocycles. The summed E-state index contributed by atoms with van der Waals surface area (Å²) in [4.78, 5) is 13.5. The summed E-state index contributed by atoms with van der Waals surface area (Å²) >= 11 is 5.87. The number of benzene rings is 1. The van der Waals surface area contributed by atoms with E-state index in [9.17, 15) is 9.90 Å². The lowest BCUT2D eigenvalue weighted by Gasteiger charge is -2.05. The molecule has 0 aliphatic carbocycles. The van der Waals surface area contributed by atoms with Crippen molar-refractivity contribution < 1.29 is 15.0 Å². The van der Waals surface area contributed by atoms with Crippen LogP contribution in [0.2, 0.25) is 5.02 Å². The number of hydrogen-bond acceptors (Lipinski definition) is 2. The molecule has 2 rings (SSSR count). The van der Waals surface area contributed by atoms with Gasteiger partial charge < -0.3 is 15.2 Å². The van der Waals surface area contributed by atoms with E-state index in [0.717, 1.165) is 5.52 Å². The van der Waals surface area contributed by atoms with E-state index >= 15 is 0 Å². The van der Waals surface area contributed by atoms with Crippen molar-refractivity contribution in [3.05, 3.63) is 35.0 Å². The lowest BCUT2D eigenvalue weighted by atomic mass is 10.1. The number of rotatable bonds is 2. The highest BCUT2D eigenvalue weighted by Crippen LogP contribution is 2.26. The number of carboxylic acids is 1. The molecule has 3 N–H and O–H groups in total. The highest BCUT2D eigenvalue weighted by molar-refractivity contribution is 6.35. The molecule has 0 bridgehead atoms. The fourth-order valence-corrected chi connectivity index (χ4v) is 1.63. The molecule has 0 radical (unpaired) electrons. The zero-order chi connectivity index (χ0) is 11.0. The summed E-state index contributed by atoms with van der Waals surface area (Å²) in [6.45, 7) is 0. The molecule has 2 aromatic rings. The quantitative estimate of drug-likeness (QED) is 0.731. The minimum atomic E-state index is -1.51. The average molecular weight is 226 g/mol. The summed E-state index contributed by atoms with van der Waals surface area (Å²) in [7, 11) is 0. The van der Waals surface area contributed by atoms with Crippen LogP contribution in [0.1, 0.15) is 11.7 Å². The van der Waals surface area contributed by atoms with Crippen LogP contribution in [-0.2, 0) is 4.79 Å². The second-order valence-electron chi connectivity index (χ2n) is 3.18. The van der Waals surface area contributed by atoms with E-state index in [-0.39, 0.29) is 0 Å². The molecule has 78 valence electrons. The first-order valence-electron chi connectivity index (χ1n) is 4.27. The predicted octanol–water partition coefficient (Wildman–Crippen LogP) is 1.94. The van der Waals surface area contributed by atoms with Crippen LogP contribution < -0.4 is 0 Å². The Morgan fingerprint density at radius 1 is 1.47 bits per heavy atom. The molecule has 0 saturated carbocycles. The van der Waals surface area contributed by atoms with Crippen LogP contribution >= 0.6 is 11.6 Å². The van der Waals surface area contributed by atoms with Gasteiger partial charge in [-0.05, 0) is 17.7 Å². The number of carboxylic acid groups (broad SMARTS) is 1. The Balaban J connectivity index is 2.54. The molecule has 4 nitrogen and oxygen atoms in total. The van der Waals surface area contributed by atoms with E-state index in [4.69, 9.17) is 16.7 Å². The normalized spacial score (nSPS) is 12.9. The van der Waals surface area contributed by atoms with Crippen LogP contribution in [0.4, 0.5) is 0 Å². The summed E-state index contributed by atoms with van der Waals surface area (Å²) in [5.74, 6) is -1.28. The van der Waals surface area contributed by atoms with E-state index in [1.54, 1.807) is 24.4 Å². The smallest absolute Gasteiger partial charge is 0.337 e. The van der Waals surface area contributed by atoms with Gasteiger partial charge in [0.15, 0.2) is 6.10 Å². The molecule has 0 fully saturated rings. The van der Waals surface area contributed by atoms with Crippen LogP contribution in [0, 0.1) is 0 Å². The van der Waals surface area contributed by atoms with Gasteiger partial charge in [0.2, 0.25) is 0 Å². The Hall–Kier alpha value is -1.52. The summed E-state index contributed by atoms with van der Waals surface area (Å²) in [5.41, 5.74) is 1.12. The summed E-state index contributed by atoms with van der Waals surface area (Å²) in [6.07, 6.45) is 0.101. The third kappa shape index (κ3) is 1.69. The maximum absolute atomic E-state index is 10.6. The van der Waals surface area contributed by atoms with E-state index in [1.165, 1.54) is 0 Å². The SMILES string of the molecule is O=C(O)C(O)c1ccc2[nH]cc(Cl)c2c1. The number of aromatic amines is 1. The van der Waals surface area contributed by atoms with Gasteiger partial charge in [0.1, 0.15) is 0 Å². The van der Waals surface area contributed by atoms with Crippen molar-refractivity contribution in [1.82, 2.24) is 4.98 Å². The predicted molar refractivity (Wildman–Crippen MR) is 55.9 cm³/mol. The number of aliphatic hydroxyl groups is 1. The van der Waals surface area contributed by atoms with Gasteiger partial charge in [-0.3, -0.25) is 0 Å². The molecule has 1 unspecified atom stereocenters. The van der Waals surface area contributed by atoms with Gasteiger partial charge >= 0.3 is 5.97 Å². The van der Waals surface area contributed by atoms with Crippen LogP contribution in [-0.4, -0.2) is 21.2 Å². The minimum Gasteiger partial charge on any atom is -0.479 e. The van der Waals surface area contributed by atoms with Crippen LogP contribution in [0.25, 0.3) is 10.9 Å². The highest BCUT2D eigenvalue weighted by atomic mass is 35.5. The van der Waals surface area contributed by atoms with Crippen LogP contribution in [0.15, 0.2) is 24.4 Å². The Labute approximate surface area is 90.1 Å². The third-order valence-electron chi connectivity index (χ3n) is 2.20. The van der Waals surface area contributed by atoms with Gasteiger partial charge in [-0.2, -0.15) is 0 Å². The number of nitrogens with one attached hydrogen (secondary N) is 1. The van der Waals surface area contributed by atoms with Crippen molar-refractivity contribution in [2.24, 2.45) is 0 Å². The standard InChI is InChI=1S/C10H8ClNO3/c11-7-4-12-8-2-1-5(3-6(7)8)9(13)10(14)15/h1-4,9,12-13H,(H,14,15). The van der Waals surface area contributed by atoms with Gasteiger partial charge in [0.25, 0.3) is 0 Å². The summed E-state index contributed by atoms with van der Waals surface area (Å²) in [5, 5.41) is 19.2. The Morgan fingerprint density at radius 2 is 2.20 bits per heavy atom. The Kier molecular flexibility index (Phi) is 2.38. The van der Waals surface area contributed by atoms with Crippen molar-refractivity contribution in [2.75, 3.05) is 0 Å². The molecule has 0 spiro atoms. The number of hydrogen-bond donors (Lipinski definition) is 3. The minimum absolute atomic E-state index is 0.316. The Bertz CT molecular complexity index is 520. The third-order valence-corrected chi connectivity index (χ3v) is 2.52. The van der Waals surface area contributed by atoms with Gasteiger partial charge in [-0.25, -0.2) is 4.79 Å². The number of aliphatic carboxylic acids is 1. The first kappa shape index (κ1) is 10.0. The van der Waals surface area contributed by atoms with Crippen molar-refractivity contribution in [3.8, 4) is 0 Å². The first-order valence-corrected chi connectivity index (χ1v) is 4.65. The van der Waals surface area contributed by atoms with Crippen molar-refractivity contribution in [3.63, 3.8) is 0 Å². The van der Waals surface area contributed by atoms with Crippen LogP contribution in [0.3, 0.4) is 0 Å². The van der Waals surface area contributed by atoms with Gasteiger partial charge in [0.05, 0.1) is 5.02 Å². The number of fused-ring (bicyclic) bond motifs is 1. The fourth-order valence-electron chi connectivity index (χ4n) is 1.42. The number of aliphatic hydroxyl groups excluding tert-OH is 1. The number of H-pyrrole nitrogens is 1. The summed E-state index contributed by atoms with van der Waals surface area (Å²) in [6, 6.07) is 4.80. The van der Waals surface area contributed by atoms with Crippen molar-refractivity contribution >= 4 is 28.5 Å². The molecular weight excluding hydrogens is 218 g/mol. The lowest BCUT2D eigenvalue weighted by Crippen LogP contribution is -2.10. The first-order chi connectivity index (χ1) is 7.09. The lowest BCUT2D eigenvalue weighted by molar-refractivity contribution is -0.146. The van der Waals surface area contributed by atoms with Gasteiger partial charge in [0, 0.05) is 17.1 Å². The molecule has 5 heteroatoms.